The zero-order valence-electron chi connectivity index (χ0n) is 8.43. The van der Waals surface area contributed by atoms with E-state index in [2.05, 4.69) is 9.35 Å². The summed E-state index contributed by atoms with van der Waals surface area (Å²) in [7, 11) is -0.973. The summed E-state index contributed by atoms with van der Waals surface area (Å²) < 4.78 is 40.4. The Morgan fingerprint density at radius 1 is 1.71 bits per heavy atom. The smallest absolute Gasteiger partial charge is 0.302 e. The Labute approximate surface area is 101 Å². The van der Waals surface area contributed by atoms with E-state index in [1.54, 1.807) is 0 Å². The predicted molar refractivity (Wildman–Crippen MR) is 57.3 cm³/mol. The molecule has 4 nitrogen and oxygen atoms in total. The van der Waals surface area contributed by atoms with Crippen LogP contribution in [0.2, 0.25) is 0 Å². The van der Waals surface area contributed by atoms with Crippen LogP contribution >= 0.6 is 11.3 Å². The number of halogens is 3. The van der Waals surface area contributed by atoms with Gasteiger partial charge in [0.05, 0.1) is 0 Å². The molecule has 92 valence electrons. The summed E-state index contributed by atoms with van der Waals surface area (Å²) in [5, 5.41) is 6.49. The van der Waals surface area contributed by atoms with Crippen LogP contribution in [0.3, 0.4) is 0 Å². The van der Waals surface area contributed by atoms with E-state index in [0.717, 1.165) is 6.20 Å². The Morgan fingerprint density at radius 3 is 2.76 bits per heavy atom. The molecule has 1 aromatic heterocycles. The van der Waals surface area contributed by atoms with Crippen molar-refractivity contribution in [1.82, 2.24) is 4.98 Å². The molecule has 2 atom stereocenters. The van der Waals surface area contributed by atoms with Crippen LogP contribution in [0.4, 0.5) is 13.2 Å². The number of rotatable bonds is 3. The Balaban J connectivity index is 3.08. The molecule has 0 saturated heterocycles. The zero-order valence-corrected chi connectivity index (χ0v) is 10.1. The van der Waals surface area contributed by atoms with Crippen molar-refractivity contribution in [3.63, 3.8) is 0 Å². The summed E-state index contributed by atoms with van der Waals surface area (Å²) in [4.78, 5) is 14.2. The molecule has 0 radical (unpaired) electrons. The summed E-state index contributed by atoms with van der Waals surface area (Å²) in [5.41, 5.74) is 0. The van der Waals surface area contributed by atoms with Crippen LogP contribution in [0, 0.1) is 11.5 Å². The maximum Gasteiger partial charge on any atom is 0.443 e. The summed E-state index contributed by atoms with van der Waals surface area (Å²) >= 11 is 0.397. The highest BCUT2D eigenvalue weighted by atomic mass is 32.2. The lowest BCUT2D eigenvalue weighted by Crippen LogP contribution is -2.04. The second kappa shape index (κ2) is 5.37. The Morgan fingerprint density at radius 2 is 2.35 bits per heavy atom. The Bertz CT molecular complexity index is 489. The van der Waals surface area contributed by atoms with E-state index in [1.165, 1.54) is 12.4 Å². The number of thiazole rings is 1. The van der Waals surface area contributed by atoms with Gasteiger partial charge in [-0.2, -0.15) is 22.8 Å². The van der Waals surface area contributed by atoms with Gasteiger partial charge in [0.15, 0.2) is 5.01 Å². The van der Waals surface area contributed by atoms with Crippen molar-refractivity contribution in [1.29, 1.82) is 5.26 Å². The minimum atomic E-state index is -4.52. The van der Waals surface area contributed by atoms with E-state index >= 15 is 0 Å². The molecular formula is C8H6F3N3OS2. The normalized spacial score (nSPS) is 15.2. The van der Waals surface area contributed by atoms with Gasteiger partial charge in [-0.3, -0.25) is 0 Å². The van der Waals surface area contributed by atoms with E-state index in [0.29, 0.717) is 17.6 Å². The van der Waals surface area contributed by atoms with Crippen molar-refractivity contribution in [2.24, 2.45) is 4.36 Å². The van der Waals surface area contributed by atoms with Crippen LogP contribution in [-0.4, -0.2) is 17.5 Å². The SMILES string of the molecule is CS(=NC#N)C(C=O)c1cnc(C(F)(F)F)s1. The molecule has 0 aromatic carbocycles. The number of nitrogens with zero attached hydrogens (tertiary/aromatic N) is 3. The molecule has 1 heterocycles. The van der Waals surface area contributed by atoms with E-state index in [9.17, 15) is 18.0 Å². The fourth-order valence-electron chi connectivity index (χ4n) is 0.986. The number of aldehydes is 1. The summed E-state index contributed by atoms with van der Waals surface area (Å²) in [6.07, 6.45) is 0.00661. The fraction of sp³-hybridized carbons (Fsp3) is 0.375. The van der Waals surface area contributed by atoms with Crippen molar-refractivity contribution in [2.45, 2.75) is 11.4 Å². The molecule has 9 heteroatoms. The number of carbonyl (C=O) groups excluding carboxylic acids is 1. The van der Waals surface area contributed by atoms with Gasteiger partial charge in [-0.25, -0.2) is 4.98 Å². The van der Waals surface area contributed by atoms with Gasteiger partial charge in [0.25, 0.3) is 0 Å². The van der Waals surface area contributed by atoms with Crippen molar-refractivity contribution in [3.8, 4) is 6.19 Å². The number of carbonyl (C=O) groups is 1. The first-order valence-electron chi connectivity index (χ1n) is 4.13. The van der Waals surface area contributed by atoms with Crippen LogP contribution < -0.4 is 0 Å². The van der Waals surface area contributed by atoms with Gasteiger partial charge in [-0.15, -0.1) is 11.3 Å². The van der Waals surface area contributed by atoms with Crippen molar-refractivity contribution in [2.75, 3.05) is 6.26 Å². The fourth-order valence-corrected chi connectivity index (χ4v) is 3.07. The molecule has 0 N–H and O–H groups in total. The molecule has 0 amide bonds. The third kappa shape index (κ3) is 3.34. The van der Waals surface area contributed by atoms with E-state index in [1.807, 2.05) is 0 Å². The van der Waals surface area contributed by atoms with Gasteiger partial charge in [0.2, 0.25) is 6.19 Å². The van der Waals surface area contributed by atoms with Crippen LogP contribution in [0.5, 0.6) is 0 Å². The van der Waals surface area contributed by atoms with Gasteiger partial charge in [0, 0.05) is 11.1 Å². The second-order valence-corrected chi connectivity index (χ2v) is 5.64. The van der Waals surface area contributed by atoms with Crippen LogP contribution in [0.25, 0.3) is 0 Å². The molecule has 17 heavy (non-hydrogen) atoms. The molecule has 0 saturated carbocycles. The number of aromatic nitrogens is 1. The van der Waals surface area contributed by atoms with E-state index in [4.69, 9.17) is 5.26 Å². The lowest BCUT2D eigenvalue weighted by atomic mass is 10.4. The molecule has 0 aliphatic carbocycles. The predicted octanol–water partition coefficient (Wildman–Crippen LogP) is 2.31. The zero-order chi connectivity index (χ0) is 13.1. The number of hydrogen-bond donors (Lipinski definition) is 0. The molecule has 0 spiro atoms. The molecule has 0 aliphatic rings. The first-order valence-corrected chi connectivity index (χ1v) is 6.60. The molecular weight excluding hydrogens is 275 g/mol. The topological polar surface area (TPSA) is 66.1 Å². The minimum Gasteiger partial charge on any atom is -0.302 e. The van der Waals surface area contributed by atoms with Gasteiger partial charge < -0.3 is 4.79 Å². The first kappa shape index (κ1) is 13.8. The van der Waals surface area contributed by atoms with Crippen LogP contribution in [0.15, 0.2) is 10.6 Å². The largest absolute Gasteiger partial charge is 0.443 e. The molecule has 2 unspecified atom stereocenters. The lowest BCUT2D eigenvalue weighted by Gasteiger charge is -2.06. The highest BCUT2D eigenvalue weighted by Crippen LogP contribution is 2.35. The summed E-state index contributed by atoms with van der Waals surface area (Å²) in [6.45, 7) is 0. The average molecular weight is 281 g/mol. The maximum absolute atomic E-state index is 12.3. The molecule has 1 aromatic rings. The third-order valence-corrected chi connectivity index (χ3v) is 4.47. The van der Waals surface area contributed by atoms with Gasteiger partial charge in [-0.1, -0.05) is 10.7 Å². The second-order valence-electron chi connectivity index (χ2n) is 2.84. The van der Waals surface area contributed by atoms with Crippen LogP contribution in [-0.2, 0) is 21.7 Å². The standard InChI is InChI=1S/C8H6F3N3OS2/c1-17(14-4-12)6(3-15)5-2-13-7(16-5)8(9,10)11/h2-3,6H,1H3. The number of alkyl halides is 3. The molecule has 0 fully saturated rings. The number of hydrogen-bond acceptors (Lipinski definition) is 5. The highest BCUT2D eigenvalue weighted by Gasteiger charge is 2.35. The quantitative estimate of drug-likeness (QED) is 0.630. The highest BCUT2D eigenvalue weighted by molar-refractivity contribution is 7.87. The number of nitriles is 1. The van der Waals surface area contributed by atoms with Crippen molar-refractivity contribution < 1.29 is 18.0 Å². The van der Waals surface area contributed by atoms with Crippen molar-refractivity contribution >= 4 is 28.3 Å². The lowest BCUT2D eigenvalue weighted by molar-refractivity contribution is -0.137. The van der Waals surface area contributed by atoms with Crippen molar-refractivity contribution in [3.05, 3.63) is 16.1 Å². The van der Waals surface area contributed by atoms with Gasteiger partial charge in [-0.05, 0) is 6.26 Å². The van der Waals surface area contributed by atoms with E-state index in [-0.39, 0.29) is 4.88 Å². The van der Waals surface area contributed by atoms with Gasteiger partial charge in [0.1, 0.15) is 11.5 Å². The molecule has 1 rings (SSSR count). The third-order valence-electron chi connectivity index (χ3n) is 1.72. The monoisotopic (exact) mass is 281 g/mol. The van der Waals surface area contributed by atoms with E-state index < -0.39 is 27.1 Å². The minimum absolute atomic E-state index is 0.164. The summed E-state index contributed by atoms with van der Waals surface area (Å²) in [5.74, 6) is 0. The Hall–Kier alpha value is -1.27. The Kier molecular flexibility index (Phi) is 4.36. The van der Waals surface area contributed by atoms with Crippen LogP contribution in [0.1, 0.15) is 15.1 Å². The molecule has 0 bridgehead atoms. The van der Waals surface area contributed by atoms with Gasteiger partial charge >= 0.3 is 6.18 Å². The summed E-state index contributed by atoms with van der Waals surface area (Å²) in [6, 6.07) is 0. The maximum atomic E-state index is 12.3. The molecule has 0 aliphatic heterocycles. The first-order chi connectivity index (χ1) is 7.90. The average Bonchev–Trinajstić information content (AvgIpc) is 2.68.